The highest BCUT2D eigenvalue weighted by Crippen LogP contribution is 2.20. The van der Waals surface area contributed by atoms with E-state index < -0.39 is 0 Å². The number of rotatable bonds is 1. The molecule has 1 heterocycles. The molecule has 0 aromatic carbocycles. The van der Waals surface area contributed by atoms with E-state index in [1.165, 1.54) is 0 Å². The van der Waals surface area contributed by atoms with E-state index in [-0.39, 0.29) is 0 Å². The van der Waals surface area contributed by atoms with Gasteiger partial charge in [0.2, 0.25) is 0 Å². The molecule has 52 valence electrons. The molecule has 10 heavy (non-hydrogen) atoms. The van der Waals surface area contributed by atoms with Crippen molar-refractivity contribution in [3.05, 3.63) is 15.9 Å². The topological polar surface area (TPSA) is 49.8 Å². The SMILES string of the molecule is CCc1onc(C#N)c1Br. The average molecular weight is 201 g/mol. The summed E-state index contributed by atoms with van der Waals surface area (Å²) in [7, 11) is 0. The maximum absolute atomic E-state index is 8.42. The van der Waals surface area contributed by atoms with Crippen LogP contribution < -0.4 is 0 Å². The van der Waals surface area contributed by atoms with Gasteiger partial charge in [0.05, 0.1) is 4.47 Å². The van der Waals surface area contributed by atoms with Gasteiger partial charge in [-0.1, -0.05) is 12.1 Å². The van der Waals surface area contributed by atoms with Gasteiger partial charge in [-0.3, -0.25) is 0 Å². The highest BCUT2D eigenvalue weighted by molar-refractivity contribution is 9.10. The Bertz CT molecular complexity index is 274. The summed E-state index contributed by atoms with van der Waals surface area (Å²) in [6.07, 6.45) is 0.745. The normalized spacial score (nSPS) is 9.30. The van der Waals surface area contributed by atoms with Gasteiger partial charge in [-0.2, -0.15) is 5.26 Å². The lowest BCUT2D eigenvalue weighted by atomic mass is 10.3. The minimum Gasteiger partial charge on any atom is -0.359 e. The fraction of sp³-hybridized carbons (Fsp3) is 0.333. The van der Waals surface area contributed by atoms with Crippen LogP contribution >= 0.6 is 15.9 Å². The average Bonchev–Trinajstić information content (AvgIpc) is 2.30. The summed E-state index contributed by atoms with van der Waals surface area (Å²) in [6, 6.07) is 1.90. The van der Waals surface area contributed by atoms with Gasteiger partial charge in [-0.05, 0) is 15.9 Å². The van der Waals surface area contributed by atoms with Gasteiger partial charge < -0.3 is 4.52 Å². The first kappa shape index (κ1) is 7.29. The molecule has 3 nitrogen and oxygen atoms in total. The zero-order valence-corrected chi connectivity index (χ0v) is 6.97. The molecule has 0 saturated carbocycles. The van der Waals surface area contributed by atoms with Crippen LogP contribution in [0, 0.1) is 11.3 Å². The number of nitrogens with zero attached hydrogens (tertiary/aromatic N) is 2. The molecule has 0 radical (unpaired) electrons. The summed E-state index contributed by atoms with van der Waals surface area (Å²) in [6.45, 7) is 1.94. The molecule has 1 aromatic rings. The molecule has 0 aliphatic rings. The fourth-order valence-electron chi connectivity index (χ4n) is 0.602. The number of aryl methyl sites for hydroxylation is 1. The molecule has 1 rings (SSSR count). The number of hydrogen-bond acceptors (Lipinski definition) is 3. The summed E-state index contributed by atoms with van der Waals surface area (Å²) in [5.41, 5.74) is 0.317. The van der Waals surface area contributed by atoms with Crippen molar-refractivity contribution in [1.29, 1.82) is 5.26 Å². The summed E-state index contributed by atoms with van der Waals surface area (Å²) < 4.78 is 5.49. The minimum atomic E-state index is 0.317. The zero-order chi connectivity index (χ0) is 7.56. The molecule has 0 aliphatic carbocycles. The highest BCUT2D eigenvalue weighted by atomic mass is 79.9. The van der Waals surface area contributed by atoms with Crippen molar-refractivity contribution in [2.45, 2.75) is 13.3 Å². The van der Waals surface area contributed by atoms with E-state index in [2.05, 4.69) is 21.1 Å². The molecule has 4 heteroatoms. The second-order valence-corrected chi connectivity index (χ2v) is 2.53. The van der Waals surface area contributed by atoms with E-state index in [1.807, 2.05) is 13.0 Å². The van der Waals surface area contributed by atoms with Crippen LogP contribution in [-0.2, 0) is 6.42 Å². The lowest BCUT2D eigenvalue weighted by Crippen LogP contribution is -1.75. The molecule has 0 bridgehead atoms. The number of halogens is 1. The Kier molecular flexibility index (Phi) is 2.07. The molecule has 0 spiro atoms. The van der Waals surface area contributed by atoms with Crippen LogP contribution in [0.25, 0.3) is 0 Å². The standard InChI is InChI=1S/C6H5BrN2O/c1-2-5-6(7)4(3-8)9-10-5/h2H2,1H3. The first-order valence-corrected chi connectivity index (χ1v) is 3.63. The van der Waals surface area contributed by atoms with Gasteiger partial charge >= 0.3 is 0 Å². The van der Waals surface area contributed by atoms with E-state index in [1.54, 1.807) is 0 Å². The number of hydrogen-bond donors (Lipinski definition) is 0. The molecular formula is C6H5BrN2O. The van der Waals surface area contributed by atoms with E-state index in [9.17, 15) is 0 Å². The molecule has 0 aliphatic heterocycles. The Hall–Kier alpha value is -0.820. The molecule has 0 N–H and O–H groups in total. The monoisotopic (exact) mass is 200 g/mol. The third kappa shape index (κ3) is 1.05. The first-order chi connectivity index (χ1) is 4.79. The summed E-state index contributed by atoms with van der Waals surface area (Å²) in [4.78, 5) is 0. The smallest absolute Gasteiger partial charge is 0.197 e. The van der Waals surface area contributed by atoms with Crippen molar-refractivity contribution >= 4 is 15.9 Å². The Labute approximate surface area is 66.8 Å². The van der Waals surface area contributed by atoms with Crippen LogP contribution in [-0.4, -0.2) is 5.16 Å². The Morgan fingerprint density at radius 2 is 2.50 bits per heavy atom. The third-order valence-corrected chi connectivity index (χ3v) is 1.94. The van der Waals surface area contributed by atoms with Crippen LogP contribution in [0.4, 0.5) is 0 Å². The molecular weight excluding hydrogens is 196 g/mol. The van der Waals surface area contributed by atoms with Crippen LogP contribution in [0.3, 0.4) is 0 Å². The summed E-state index contributed by atoms with van der Waals surface area (Å²) in [5, 5.41) is 11.9. The van der Waals surface area contributed by atoms with Crippen LogP contribution in [0.1, 0.15) is 18.4 Å². The second-order valence-electron chi connectivity index (χ2n) is 1.73. The highest BCUT2D eigenvalue weighted by Gasteiger charge is 2.09. The Morgan fingerprint density at radius 1 is 1.80 bits per heavy atom. The van der Waals surface area contributed by atoms with Crippen molar-refractivity contribution in [3.8, 4) is 6.07 Å². The van der Waals surface area contributed by atoms with E-state index in [4.69, 9.17) is 9.78 Å². The maximum atomic E-state index is 8.42. The quantitative estimate of drug-likeness (QED) is 0.696. The lowest BCUT2D eigenvalue weighted by molar-refractivity contribution is 0.384. The van der Waals surface area contributed by atoms with E-state index in [0.717, 1.165) is 12.2 Å². The molecule has 0 unspecified atom stereocenters. The third-order valence-electron chi connectivity index (χ3n) is 1.13. The molecule has 1 aromatic heterocycles. The van der Waals surface area contributed by atoms with Gasteiger partial charge in [0.1, 0.15) is 6.07 Å². The first-order valence-electron chi connectivity index (χ1n) is 2.83. The van der Waals surface area contributed by atoms with E-state index >= 15 is 0 Å². The van der Waals surface area contributed by atoms with Crippen molar-refractivity contribution < 1.29 is 4.52 Å². The Balaban J connectivity index is 3.12. The van der Waals surface area contributed by atoms with Gasteiger partial charge in [0, 0.05) is 6.42 Å². The van der Waals surface area contributed by atoms with Crippen molar-refractivity contribution in [2.24, 2.45) is 0 Å². The van der Waals surface area contributed by atoms with Crippen molar-refractivity contribution in [3.63, 3.8) is 0 Å². The fourth-order valence-corrected chi connectivity index (χ4v) is 1.12. The molecule has 0 fully saturated rings. The zero-order valence-electron chi connectivity index (χ0n) is 5.39. The van der Waals surface area contributed by atoms with Crippen molar-refractivity contribution in [2.75, 3.05) is 0 Å². The largest absolute Gasteiger partial charge is 0.359 e. The van der Waals surface area contributed by atoms with Crippen LogP contribution in [0.2, 0.25) is 0 Å². The van der Waals surface area contributed by atoms with E-state index in [0.29, 0.717) is 10.2 Å². The predicted molar refractivity (Wildman–Crippen MR) is 38.3 cm³/mol. The minimum absolute atomic E-state index is 0.317. The summed E-state index contributed by atoms with van der Waals surface area (Å²) in [5.74, 6) is 0.719. The van der Waals surface area contributed by atoms with Gasteiger partial charge in [-0.15, -0.1) is 0 Å². The van der Waals surface area contributed by atoms with Crippen LogP contribution in [0.15, 0.2) is 9.00 Å². The molecule has 0 atom stereocenters. The second kappa shape index (κ2) is 2.84. The molecule has 0 saturated heterocycles. The molecule has 0 amide bonds. The van der Waals surface area contributed by atoms with Gasteiger partial charge in [-0.25, -0.2) is 0 Å². The Morgan fingerprint density at radius 3 is 2.80 bits per heavy atom. The number of aromatic nitrogens is 1. The summed E-state index contributed by atoms with van der Waals surface area (Å²) >= 11 is 3.19. The van der Waals surface area contributed by atoms with Gasteiger partial charge in [0.15, 0.2) is 11.5 Å². The predicted octanol–water partition coefficient (Wildman–Crippen LogP) is 1.87. The van der Waals surface area contributed by atoms with Crippen LogP contribution in [0.5, 0.6) is 0 Å². The number of nitriles is 1. The maximum Gasteiger partial charge on any atom is 0.197 e. The lowest BCUT2D eigenvalue weighted by Gasteiger charge is -1.83. The van der Waals surface area contributed by atoms with Crippen molar-refractivity contribution in [1.82, 2.24) is 5.16 Å². The van der Waals surface area contributed by atoms with Gasteiger partial charge in [0.25, 0.3) is 0 Å².